The summed E-state index contributed by atoms with van der Waals surface area (Å²) in [5.74, 6) is 1.88. The summed E-state index contributed by atoms with van der Waals surface area (Å²) in [5.41, 5.74) is 2.51. The minimum Gasteiger partial charge on any atom is -0.459 e. The fourth-order valence-corrected chi connectivity index (χ4v) is 3.80. The van der Waals surface area contributed by atoms with Crippen LogP contribution in [0.4, 0.5) is 0 Å². The van der Waals surface area contributed by atoms with E-state index in [0.717, 1.165) is 12.3 Å². The third-order valence-electron chi connectivity index (χ3n) is 3.77. The molecule has 0 aliphatic carbocycles. The summed E-state index contributed by atoms with van der Waals surface area (Å²) < 4.78 is 5.24. The zero-order chi connectivity index (χ0) is 14.8. The van der Waals surface area contributed by atoms with Gasteiger partial charge in [-0.3, -0.25) is 4.79 Å². The zero-order valence-electron chi connectivity index (χ0n) is 12.3. The first-order valence-electron chi connectivity index (χ1n) is 7.23. The molecular weight excluding hydrogens is 282 g/mol. The second kappa shape index (κ2) is 5.98. The van der Waals surface area contributed by atoms with Crippen molar-refractivity contribution in [2.75, 3.05) is 12.3 Å². The normalized spacial score (nSPS) is 18.4. The van der Waals surface area contributed by atoms with E-state index in [1.807, 2.05) is 4.90 Å². The molecule has 0 N–H and O–H groups in total. The summed E-state index contributed by atoms with van der Waals surface area (Å²) in [6.07, 6.45) is 1.54. The van der Waals surface area contributed by atoms with Crippen LogP contribution in [0.15, 0.2) is 47.1 Å². The van der Waals surface area contributed by atoms with Crippen molar-refractivity contribution in [3.05, 3.63) is 59.5 Å². The van der Waals surface area contributed by atoms with Crippen molar-refractivity contribution < 1.29 is 9.21 Å². The van der Waals surface area contributed by atoms with Crippen LogP contribution in [0.2, 0.25) is 0 Å². The van der Waals surface area contributed by atoms with Crippen LogP contribution in [0.1, 0.15) is 46.8 Å². The van der Waals surface area contributed by atoms with Crippen LogP contribution in [-0.4, -0.2) is 23.1 Å². The van der Waals surface area contributed by atoms with Gasteiger partial charge in [-0.15, -0.1) is 11.8 Å². The predicted molar refractivity (Wildman–Crippen MR) is 85.5 cm³/mol. The van der Waals surface area contributed by atoms with Crippen molar-refractivity contribution in [2.24, 2.45) is 0 Å². The standard InChI is InChI=1S/C17H19NO2S/c1-12(2)13-5-7-14(8-6-13)17-18(9-11-21-17)16(19)15-4-3-10-20-15/h3-8,10,12,17H,9,11H2,1-2H3/t17-/m0/s1. The number of carbonyl (C=O) groups excluding carboxylic acids is 1. The quantitative estimate of drug-likeness (QED) is 0.848. The van der Waals surface area contributed by atoms with Crippen LogP contribution in [0.3, 0.4) is 0 Å². The first-order chi connectivity index (χ1) is 10.2. The lowest BCUT2D eigenvalue weighted by atomic mass is 10.0. The molecule has 2 aromatic rings. The minimum absolute atomic E-state index is 0.0251. The summed E-state index contributed by atoms with van der Waals surface area (Å²) in [6, 6.07) is 12.1. The molecule has 0 radical (unpaired) electrons. The number of thioether (sulfide) groups is 1. The lowest BCUT2D eigenvalue weighted by Crippen LogP contribution is -2.30. The lowest BCUT2D eigenvalue weighted by Gasteiger charge is -2.23. The van der Waals surface area contributed by atoms with E-state index in [1.54, 1.807) is 30.2 Å². The fraction of sp³-hybridized carbons (Fsp3) is 0.353. The average Bonchev–Trinajstić information content (AvgIpc) is 3.18. The molecule has 1 aliphatic heterocycles. The van der Waals surface area contributed by atoms with Crippen molar-refractivity contribution >= 4 is 17.7 Å². The number of carbonyl (C=O) groups is 1. The van der Waals surface area contributed by atoms with Crippen molar-refractivity contribution in [3.8, 4) is 0 Å². The highest BCUT2D eigenvalue weighted by molar-refractivity contribution is 7.99. The van der Waals surface area contributed by atoms with E-state index in [1.165, 1.54) is 11.1 Å². The first-order valence-corrected chi connectivity index (χ1v) is 8.27. The third kappa shape index (κ3) is 2.86. The maximum Gasteiger partial charge on any atom is 0.290 e. The molecule has 1 amide bonds. The Morgan fingerprint density at radius 2 is 2.05 bits per heavy atom. The molecule has 21 heavy (non-hydrogen) atoms. The minimum atomic E-state index is -0.0251. The molecule has 2 heterocycles. The van der Waals surface area contributed by atoms with Gasteiger partial charge in [-0.2, -0.15) is 0 Å². The number of furan rings is 1. The molecule has 0 unspecified atom stereocenters. The highest BCUT2D eigenvalue weighted by Crippen LogP contribution is 2.39. The molecule has 1 aromatic carbocycles. The molecule has 1 atom stereocenters. The summed E-state index contributed by atoms with van der Waals surface area (Å²) in [7, 11) is 0. The number of nitrogens with zero attached hydrogens (tertiary/aromatic N) is 1. The van der Waals surface area contributed by atoms with Crippen molar-refractivity contribution in [2.45, 2.75) is 25.1 Å². The average molecular weight is 301 g/mol. The van der Waals surface area contributed by atoms with Crippen molar-refractivity contribution in [1.82, 2.24) is 4.90 Å². The van der Waals surface area contributed by atoms with E-state index >= 15 is 0 Å². The van der Waals surface area contributed by atoms with Gasteiger partial charge in [-0.05, 0) is 29.2 Å². The second-order valence-electron chi connectivity index (χ2n) is 5.52. The van der Waals surface area contributed by atoms with Crippen LogP contribution >= 0.6 is 11.8 Å². The largest absolute Gasteiger partial charge is 0.459 e. The van der Waals surface area contributed by atoms with Gasteiger partial charge in [0, 0.05) is 12.3 Å². The Balaban J connectivity index is 1.82. The molecular formula is C17H19NO2S. The maximum atomic E-state index is 12.5. The summed E-state index contributed by atoms with van der Waals surface area (Å²) in [5, 5.41) is 0.0869. The van der Waals surface area contributed by atoms with Crippen molar-refractivity contribution in [1.29, 1.82) is 0 Å². The fourth-order valence-electron chi connectivity index (χ4n) is 2.54. The van der Waals surface area contributed by atoms with Gasteiger partial charge >= 0.3 is 0 Å². The SMILES string of the molecule is CC(C)c1ccc([C@@H]2SCCN2C(=O)c2ccco2)cc1. The number of hydrogen-bond acceptors (Lipinski definition) is 3. The number of hydrogen-bond donors (Lipinski definition) is 0. The first kappa shape index (κ1) is 14.3. The second-order valence-corrected chi connectivity index (χ2v) is 6.71. The number of amides is 1. The summed E-state index contributed by atoms with van der Waals surface area (Å²) in [4.78, 5) is 14.4. The molecule has 4 heteroatoms. The topological polar surface area (TPSA) is 33.5 Å². The van der Waals surface area contributed by atoms with E-state index in [0.29, 0.717) is 11.7 Å². The third-order valence-corrected chi connectivity index (χ3v) is 5.03. The van der Waals surface area contributed by atoms with Crippen LogP contribution in [0.5, 0.6) is 0 Å². The molecule has 1 aliphatic rings. The van der Waals surface area contributed by atoms with Crippen LogP contribution in [0, 0.1) is 0 Å². The Kier molecular flexibility index (Phi) is 4.06. The summed E-state index contributed by atoms with van der Waals surface area (Å²) in [6.45, 7) is 5.14. The molecule has 0 saturated carbocycles. The van der Waals surface area contributed by atoms with Gasteiger partial charge in [-0.1, -0.05) is 38.1 Å². The molecule has 1 aromatic heterocycles. The van der Waals surface area contributed by atoms with E-state index in [4.69, 9.17) is 4.42 Å². The Hall–Kier alpha value is -1.68. The smallest absolute Gasteiger partial charge is 0.290 e. The van der Waals surface area contributed by atoms with E-state index in [-0.39, 0.29) is 11.3 Å². The van der Waals surface area contributed by atoms with E-state index in [9.17, 15) is 4.79 Å². The Morgan fingerprint density at radius 1 is 1.29 bits per heavy atom. The number of benzene rings is 1. The molecule has 3 nitrogen and oxygen atoms in total. The lowest BCUT2D eigenvalue weighted by molar-refractivity contribution is 0.0728. The number of rotatable bonds is 3. The van der Waals surface area contributed by atoms with Gasteiger partial charge in [0.25, 0.3) is 5.91 Å². The van der Waals surface area contributed by atoms with Gasteiger partial charge in [0.1, 0.15) is 5.37 Å². The van der Waals surface area contributed by atoms with Gasteiger partial charge < -0.3 is 9.32 Å². The molecule has 0 spiro atoms. The van der Waals surface area contributed by atoms with Crippen LogP contribution in [-0.2, 0) is 0 Å². The van der Waals surface area contributed by atoms with Gasteiger partial charge in [0.05, 0.1) is 6.26 Å². The highest BCUT2D eigenvalue weighted by atomic mass is 32.2. The molecule has 3 rings (SSSR count). The molecule has 0 bridgehead atoms. The zero-order valence-corrected chi connectivity index (χ0v) is 13.1. The van der Waals surface area contributed by atoms with E-state index in [2.05, 4.69) is 38.1 Å². The van der Waals surface area contributed by atoms with E-state index < -0.39 is 0 Å². The molecule has 110 valence electrons. The van der Waals surface area contributed by atoms with Crippen LogP contribution in [0.25, 0.3) is 0 Å². The molecule has 1 fully saturated rings. The Morgan fingerprint density at radius 3 is 2.67 bits per heavy atom. The molecule has 1 saturated heterocycles. The van der Waals surface area contributed by atoms with Crippen LogP contribution < -0.4 is 0 Å². The van der Waals surface area contributed by atoms with Gasteiger partial charge in [0.15, 0.2) is 5.76 Å². The maximum absolute atomic E-state index is 12.5. The monoisotopic (exact) mass is 301 g/mol. The van der Waals surface area contributed by atoms with Gasteiger partial charge in [0.2, 0.25) is 0 Å². The van der Waals surface area contributed by atoms with Crippen molar-refractivity contribution in [3.63, 3.8) is 0 Å². The van der Waals surface area contributed by atoms with Gasteiger partial charge in [-0.25, -0.2) is 0 Å². The predicted octanol–water partition coefficient (Wildman–Crippen LogP) is 4.29. The Labute approximate surface area is 129 Å². The summed E-state index contributed by atoms with van der Waals surface area (Å²) >= 11 is 1.81. The Bertz CT molecular complexity index is 604. The highest BCUT2D eigenvalue weighted by Gasteiger charge is 2.32.